The molecule has 2 N–H and O–H groups in total. The summed E-state index contributed by atoms with van der Waals surface area (Å²) in [6.07, 6.45) is 1.38. The molecule has 0 bridgehead atoms. The molecule has 29 heavy (non-hydrogen) atoms. The molecular weight excluding hydrogens is 390 g/mol. The van der Waals surface area contributed by atoms with E-state index in [4.69, 9.17) is 4.74 Å². The zero-order valence-corrected chi connectivity index (χ0v) is 16.2. The Kier molecular flexibility index (Phi) is 6.49. The van der Waals surface area contributed by atoms with Crippen LogP contribution in [0.5, 0.6) is 5.75 Å². The summed E-state index contributed by atoms with van der Waals surface area (Å²) in [5.41, 5.74) is 4.31. The first-order chi connectivity index (χ1) is 14.0. The average Bonchev–Trinajstić information content (AvgIpc) is 3.24. The van der Waals surface area contributed by atoms with Crippen molar-refractivity contribution < 1.29 is 19.1 Å². The number of rotatable bonds is 5. The van der Waals surface area contributed by atoms with Gasteiger partial charge in [0.15, 0.2) is 0 Å². The number of carbonyl (C=O) groups is 3. The number of hydrogen-bond donors (Lipinski definition) is 2. The molecule has 1 heterocycles. The molecule has 0 aliphatic carbocycles. The van der Waals surface area contributed by atoms with Crippen molar-refractivity contribution in [3.05, 3.63) is 82.0 Å². The Balaban J connectivity index is 1.50. The van der Waals surface area contributed by atoms with E-state index in [9.17, 15) is 14.4 Å². The van der Waals surface area contributed by atoms with E-state index in [-0.39, 0.29) is 0 Å². The number of esters is 1. The molecule has 7 nitrogen and oxygen atoms in total. The van der Waals surface area contributed by atoms with E-state index >= 15 is 0 Å². The highest BCUT2D eigenvalue weighted by atomic mass is 32.1. The summed E-state index contributed by atoms with van der Waals surface area (Å²) in [6, 6.07) is 17.1. The van der Waals surface area contributed by atoms with Crippen LogP contribution in [-0.4, -0.2) is 24.0 Å². The third-order valence-electron chi connectivity index (χ3n) is 3.67. The van der Waals surface area contributed by atoms with Gasteiger partial charge < -0.3 is 10.1 Å². The van der Waals surface area contributed by atoms with Crippen LogP contribution in [-0.2, 0) is 9.59 Å². The number of benzene rings is 2. The van der Waals surface area contributed by atoms with Crippen molar-refractivity contribution in [3.63, 3.8) is 0 Å². The van der Waals surface area contributed by atoms with Crippen molar-refractivity contribution in [3.8, 4) is 5.75 Å². The molecule has 0 aliphatic heterocycles. The van der Waals surface area contributed by atoms with E-state index in [1.807, 2.05) is 13.0 Å². The molecule has 0 radical (unpaired) electrons. The molecule has 0 unspecified atom stereocenters. The summed E-state index contributed by atoms with van der Waals surface area (Å²) in [5, 5.41) is 8.05. The molecule has 0 atom stereocenters. The molecule has 0 aliphatic rings. The van der Waals surface area contributed by atoms with Gasteiger partial charge in [-0.05, 0) is 65.9 Å². The van der Waals surface area contributed by atoms with E-state index in [0.29, 0.717) is 21.9 Å². The van der Waals surface area contributed by atoms with E-state index < -0.39 is 17.8 Å². The molecular formula is C21H17N3O4S. The van der Waals surface area contributed by atoms with Crippen molar-refractivity contribution in [2.75, 3.05) is 5.32 Å². The second-order valence-electron chi connectivity index (χ2n) is 5.96. The van der Waals surface area contributed by atoms with Gasteiger partial charge >= 0.3 is 17.8 Å². The van der Waals surface area contributed by atoms with Crippen molar-refractivity contribution in [1.29, 1.82) is 0 Å². The van der Waals surface area contributed by atoms with Gasteiger partial charge in [-0.3, -0.25) is 9.59 Å². The minimum atomic E-state index is -0.885. The highest BCUT2D eigenvalue weighted by molar-refractivity contribution is 7.12. The largest absolute Gasteiger partial charge is 0.422 e. The number of anilines is 1. The van der Waals surface area contributed by atoms with Gasteiger partial charge in [-0.15, -0.1) is 11.3 Å². The lowest BCUT2D eigenvalue weighted by Gasteiger charge is -2.04. The van der Waals surface area contributed by atoms with Gasteiger partial charge in [0, 0.05) is 5.69 Å². The zero-order chi connectivity index (χ0) is 20.6. The number of amides is 2. The Labute approximate surface area is 171 Å². The molecule has 3 rings (SSSR count). The summed E-state index contributed by atoms with van der Waals surface area (Å²) < 4.78 is 5.26. The number of aryl methyl sites for hydroxylation is 1. The Bertz CT molecular complexity index is 1040. The van der Waals surface area contributed by atoms with Crippen molar-refractivity contribution in [2.45, 2.75) is 6.92 Å². The first kappa shape index (κ1) is 20.0. The van der Waals surface area contributed by atoms with Crippen LogP contribution in [0, 0.1) is 6.92 Å². The smallest absolute Gasteiger partial charge is 0.353 e. The van der Waals surface area contributed by atoms with Crippen molar-refractivity contribution in [2.24, 2.45) is 5.10 Å². The Hall–Kier alpha value is -3.78. The van der Waals surface area contributed by atoms with Crippen LogP contribution in [0.1, 0.15) is 20.8 Å². The van der Waals surface area contributed by atoms with E-state index in [1.165, 1.54) is 17.6 Å². The van der Waals surface area contributed by atoms with Crippen molar-refractivity contribution in [1.82, 2.24) is 5.43 Å². The van der Waals surface area contributed by atoms with Gasteiger partial charge in [0.1, 0.15) is 10.6 Å². The predicted molar refractivity (Wildman–Crippen MR) is 111 cm³/mol. The van der Waals surface area contributed by atoms with E-state index in [1.54, 1.807) is 60.0 Å². The van der Waals surface area contributed by atoms with Gasteiger partial charge in [-0.25, -0.2) is 10.2 Å². The fraction of sp³-hybridized carbons (Fsp3) is 0.0476. The Morgan fingerprint density at radius 3 is 2.48 bits per heavy atom. The minimum Gasteiger partial charge on any atom is -0.422 e. The maximum absolute atomic E-state index is 11.9. The molecule has 2 aromatic carbocycles. The summed E-state index contributed by atoms with van der Waals surface area (Å²) in [6.45, 7) is 1.88. The quantitative estimate of drug-likeness (QED) is 0.223. The second-order valence-corrected chi connectivity index (χ2v) is 6.91. The normalized spacial score (nSPS) is 10.5. The molecule has 0 fully saturated rings. The number of ether oxygens (including phenoxy) is 1. The van der Waals surface area contributed by atoms with Crippen LogP contribution in [0.15, 0.2) is 71.1 Å². The average molecular weight is 407 g/mol. The lowest BCUT2D eigenvalue weighted by molar-refractivity contribution is -0.136. The van der Waals surface area contributed by atoms with Crippen LogP contribution >= 0.6 is 11.3 Å². The molecule has 1 aromatic heterocycles. The summed E-state index contributed by atoms with van der Waals surface area (Å²) >= 11 is 1.30. The number of hydrazone groups is 1. The molecule has 3 aromatic rings. The van der Waals surface area contributed by atoms with Gasteiger partial charge in [-0.1, -0.05) is 18.2 Å². The fourth-order valence-electron chi connectivity index (χ4n) is 2.30. The number of nitrogens with zero attached hydrogens (tertiary/aromatic N) is 1. The highest BCUT2D eigenvalue weighted by Gasteiger charge is 2.13. The molecule has 2 amide bonds. The third kappa shape index (κ3) is 5.85. The lowest BCUT2D eigenvalue weighted by atomic mass is 10.2. The van der Waals surface area contributed by atoms with Crippen LogP contribution in [0.25, 0.3) is 0 Å². The van der Waals surface area contributed by atoms with E-state index in [0.717, 1.165) is 5.56 Å². The topological polar surface area (TPSA) is 96.9 Å². The van der Waals surface area contributed by atoms with Crippen LogP contribution in [0.3, 0.4) is 0 Å². The van der Waals surface area contributed by atoms with Crippen LogP contribution in [0.4, 0.5) is 5.69 Å². The summed E-state index contributed by atoms with van der Waals surface area (Å²) in [7, 11) is 0. The fourth-order valence-corrected chi connectivity index (χ4v) is 2.90. The lowest BCUT2D eigenvalue weighted by Crippen LogP contribution is -2.32. The third-order valence-corrected chi connectivity index (χ3v) is 4.52. The standard InChI is InChI=1S/C21H17N3O4S/c1-14-4-2-5-16(12-14)23-19(25)20(26)24-22-13-15-7-9-17(10-8-15)28-21(27)18-6-3-11-29-18/h2-13H,1H3,(H,23,25)(H,24,26). The zero-order valence-electron chi connectivity index (χ0n) is 15.4. The maximum Gasteiger partial charge on any atom is 0.353 e. The highest BCUT2D eigenvalue weighted by Crippen LogP contribution is 2.16. The van der Waals surface area contributed by atoms with Crippen LogP contribution in [0.2, 0.25) is 0 Å². The summed E-state index contributed by atoms with van der Waals surface area (Å²) in [4.78, 5) is 36.1. The monoisotopic (exact) mass is 407 g/mol. The van der Waals surface area contributed by atoms with Gasteiger partial charge in [0.05, 0.1) is 6.21 Å². The predicted octanol–water partition coefficient (Wildman–Crippen LogP) is 3.36. The number of thiophene rings is 1. The van der Waals surface area contributed by atoms with Gasteiger partial charge in [0.2, 0.25) is 0 Å². The van der Waals surface area contributed by atoms with Gasteiger partial charge in [-0.2, -0.15) is 5.10 Å². The first-order valence-electron chi connectivity index (χ1n) is 8.58. The molecule has 146 valence electrons. The first-order valence-corrected chi connectivity index (χ1v) is 9.46. The second kappa shape index (κ2) is 9.43. The van der Waals surface area contributed by atoms with Crippen LogP contribution < -0.4 is 15.5 Å². The van der Waals surface area contributed by atoms with Gasteiger partial charge in [0.25, 0.3) is 0 Å². The van der Waals surface area contributed by atoms with E-state index in [2.05, 4.69) is 15.8 Å². The molecule has 0 saturated carbocycles. The Morgan fingerprint density at radius 1 is 1.00 bits per heavy atom. The maximum atomic E-state index is 11.9. The number of hydrogen-bond acceptors (Lipinski definition) is 6. The SMILES string of the molecule is Cc1cccc(NC(=O)C(=O)NN=Cc2ccc(OC(=O)c3cccs3)cc2)c1. The number of carbonyl (C=O) groups excluding carboxylic acids is 3. The molecule has 8 heteroatoms. The minimum absolute atomic E-state index is 0.391. The van der Waals surface area contributed by atoms with Crippen molar-refractivity contribution >= 4 is 41.0 Å². The molecule has 0 spiro atoms. The summed E-state index contributed by atoms with van der Waals surface area (Å²) in [5.74, 6) is -1.73. The number of nitrogens with one attached hydrogen (secondary N) is 2. The Morgan fingerprint density at radius 2 is 1.79 bits per heavy atom. The molecule has 0 saturated heterocycles.